The lowest BCUT2D eigenvalue weighted by Crippen LogP contribution is -2.42. The van der Waals surface area contributed by atoms with Crippen molar-refractivity contribution in [3.8, 4) is 0 Å². The minimum atomic E-state index is -0.896. The van der Waals surface area contributed by atoms with Crippen LogP contribution in [0.4, 0.5) is 5.69 Å². The first-order valence-electron chi connectivity index (χ1n) is 7.07. The SMILES string of the molecule is OC1(c2cccc(Cl)c2Cl)CCN(c2ccccc2)CC1. The molecule has 2 nitrogen and oxygen atoms in total. The maximum absolute atomic E-state index is 10.9. The van der Waals surface area contributed by atoms with Crippen molar-refractivity contribution in [3.63, 3.8) is 0 Å². The van der Waals surface area contributed by atoms with E-state index in [-0.39, 0.29) is 0 Å². The van der Waals surface area contributed by atoms with Gasteiger partial charge in [0.15, 0.2) is 0 Å². The zero-order valence-electron chi connectivity index (χ0n) is 11.6. The average Bonchev–Trinajstić information content (AvgIpc) is 2.51. The molecule has 2 aromatic rings. The third-order valence-electron chi connectivity index (χ3n) is 4.16. The monoisotopic (exact) mass is 321 g/mol. The quantitative estimate of drug-likeness (QED) is 0.881. The predicted octanol–water partition coefficient (Wildman–Crippen LogP) is 4.48. The topological polar surface area (TPSA) is 23.5 Å². The number of piperidine rings is 1. The summed E-state index contributed by atoms with van der Waals surface area (Å²) >= 11 is 12.3. The van der Waals surface area contributed by atoms with Gasteiger partial charge in [0.05, 0.1) is 15.6 Å². The molecule has 21 heavy (non-hydrogen) atoms. The van der Waals surface area contributed by atoms with Gasteiger partial charge in [0.1, 0.15) is 0 Å². The number of anilines is 1. The van der Waals surface area contributed by atoms with Gasteiger partial charge in [-0.3, -0.25) is 0 Å². The van der Waals surface area contributed by atoms with Crippen molar-refractivity contribution in [2.75, 3.05) is 18.0 Å². The molecule has 1 saturated heterocycles. The summed E-state index contributed by atoms with van der Waals surface area (Å²) < 4.78 is 0. The highest BCUT2D eigenvalue weighted by Gasteiger charge is 2.36. The zero-order valence-corrected chi connectivity index (χ0v) is 13.1. The fourth-order valence-corrected chi connectivity index (χ4v) is 3.38. The van der Waals surface area contributed by atoms with Gasteiger partial charge in [-0.15, -0.1) is 0 Å². The van der Waals surface area contributed by atoms with E-state index < -0.39 is 5.60 Å². The van der Waals surface area contributed by atoms with Crippen LogP contribution in [0.1, 0.15) is 18.4 Å². The highest BCUT2D eigenvalue weighted by atomic mass is 35.5. The van der Waals surface area contributed by atoms with Crippen LogP contribution in [-0.2, 0) is 5.60 Å². The van der Waals surface area contributed by atoms with Crippen LogP contribution < -0.4 is 4.90 Å². The van der Waals surface area contributed by atoms with E-state index in [1.54, 1.807) is 6.07 Å². The van der Waals surface area contributed by atoms with Crippen LogP contribution in [0, 0.1) is 0 Å². The minimum Gasteiger partial charge on any atom is -0.385 e. The smallest absolute Gasteiger partial charge is 0.0945 e. The first kappa shape index (κ1) is 14.7. The van der Waals surface area contributed by atoms with E-state index in [0.717, 1.165) is 18.7 Å². The van der Waals surface area contributed by atoms with Crippen molar-refractivity contribution in [1.29, 1.82) is 0 Å². The zero-order chi connectivity index (χ0) is 14.9. The van der Waals surface area contributed by atoms with Gasteiger partial charge >= 0.3 is 0 Å². The van der Waals surface area contributed by atoms with Gasteiger partial charge < -0.3 is 10.0 Å². The number of rotatable bonds is 2. The van der Waals surface area contributed by atoms with Gasteiger partial charge in [-0.1, -0.05) is 53.5 Å². The molecule has 0 unspecified atom stereocenters. The van der Waals surface area contributed by atoms with E-state index in [2.05, 4.69) is 17.0 Å². The average molecular weight is 322 g/mol. The van der Waals surface area contributed by atoms with Crippen molar-refractivity contribution in [3.05, 3.63) is 64.1 Å². The summed E-state index contributed by atoms with van der Waals surface area (Å²) in [7, 11) is 0. The highest BCUT2D eigenvalue weighted by molar-refractivity contribution is 6.42. The number of para-hydroxylation sites is 1. The third kappa shape index (κ3) is 2.89. The van der Waals surface area contributed by atoms with Crippen LogP contribution in [-0.4, -0.2) is 18.2 Å². The van der Waals surface area contributed by atoms with Crippen LogP contribution in [0.2, 0.25) is 10.0 Å². The van der Waals surface area contributed by atoms with Gasteiger partial charge in [0.2, 0.25) is 0 Å². The molecule has 1 N–H and O–H groups in total. The van der Waals surface area contributed by atoms with E-state index in [0.29, 0.717) is 22.9 Å². The van der Waals surface area contributed by atoms with Gasteiger partial charge in [-0.25, -0.2) is 0 Å². The number of benzene rings is 2. The molecule has 1 aliphatic heterocycles. The largest absolute Gasteiger partial charge is 0.385 e. The first-order chi connectivity index (χ1) is 10.1. The first-order valence-corrected chi connectivity index (χ1v) is 7.83. The van der Waals surface area contributed by atoms with Crippen molar-refractivity contribution in [1.82, 2.24) is 0 Å². The summed E-state index contributed by atoms with van der Waals surface area (Å²) in [5.74, 6) is 0. The Morgan fingerprint density at radius 1 is 0.905 bits per heavy atom. The summed E-state index contributed by atoms with van der Waals surface area (Å²) in [4.78, 5) is 2.28. The van der Waals surface area contributed by atoms with E-state index in [4.69, 9.17) is 23.2 Å². The Balaban J connectivity index is 1.79. The van der Waals surface area contributed by atoms with Crippen molar-refractivity contribution >= 4 is 28.9 Å². The molecule has 0 atom stereocenters. The Kier molecular flexibility index (Phi) is 4.12. The Bertz CT molecular complexity index is 622. The van der Waals surface area contributed by atoms with Crippen LogP contribution in [0.15, 0.2) is 48.5 Å². The molecule has 0 aliphatic carbocycles. The van der Waals surface area contributed by atoms with Crippen LogP contribution in [0.25, 0.3) is 0 Å². The maximum Gasteiger partial charge on any atom is 0.0945 e. The lowest BCUT2D eigenvalue weighted by Gasteiger charge is -2.40. The number of hydrogen-bond acceptors (Lipinski definition) is 2. The molecule has 110 valence electrons. The summed E-state index contributed by atoms with van der Waals surface area (Å²) in [5.41, 5.74) is 1.04. The Labute approximate surface area is 134 Å². The van der Waals surface area contributed by atoms with E-state index in [1.165, 1.54) is 5.69 Å². The molecular formula is C17H17Cl2NO. The highest BCUT2D eigenvalue weighted by Crippen LogP contribution is 2.40. The Morgan fingerprint density at radius 3 is 2.24 bits per heavy atom. The lowest BCUT2D eigenvalue weighted by atomic mass is 9.84. The second kappa shape index (κ2) is 5.88. The molecule has 3 rings (SSSR count). The van der Waals surface area contributed by atoms with E-state index >= 15 is 0 Å². The summed E-state index contributed by atoms with van der Waals surface area (Å²) in [5, 5.41) is 11.9. The molecule has 0 bridgehead atoms. The normalized spacial score (nSPS) is 17.8. The van der Waals surface area contributed by atoms with Gasteiger partial charge in [-0.2, -0.15) is 0 Å². The van der Waals surface area contributed by atoms with Crippen molar-refractivity contribution in [2.45, 2.75) is 18.4 Å². The Morgan fingerprint density at radius 2 is 1.57 bits per heavy atom. The number of hydrogen-bond donors (Lipinski definition) is 1. The molecule has 4 heteroatoms. The predicted molar refractivity (Wildman–Crippen MR) is 88.2 cm³/mol. The number of nitrogens with zero attached hydrogens (tertiary/aromatic N) is 1. The second-order valence-electron chi connectivity index (χ2n) is 5.46. The number of halogens is 2. The molecule has 0 radical (unpaired) electrons. The van der Waals surface area contributed by atoms with Gasteiger partial charge in [0.25, 0.3) is 0 Å². The maximum atomic E-state index is 10.9. The van der Waals surface area contributed by atoms with Crippen molar-refractivity contribution in [2.24, 2.45) is 0 Å². The molecule has 0 aromatic heterocycles. The molecular weight excluding hydrogens is 305 g/mol. The van der Waals surface area contributed by atoms with E-state index in [1.807, 2.05) is 30.3 Å². The summed E-state index contributed by atoms with van der Waals surface area (Å²) in [6.45, 7) is 1.59. The van der Waals surface area contributed by atoms with Gasteiger partial charge in [0, 0.05) is 24.3 Å². The molecule has 0 spiro atoms. The molecule has 2 aromatic carbocycles. The van der Waals surface area contributed by atoms with Crippen LogP contribution >= 0.6 is 23.2 Å². The second-order valence-corrected chi connectivity index (χ2v) is 6.24. The van der Waals surface area contributed by atoms with Crippen LogP contribution in [0.5, 0.6) is 0 Å². The van der Waals surface area contributed by atoms with Gasteiger partial charge in [-0.05, 0) is 31.0 Å². The molecule has 1 heterocycles. The summed E-state index contributed by atoms with van der Waals surface area (Å²) in [6, 6.07) is 15.7. The third-order valence-corrected chi connectivity index (χ3v) is 4.98. The molecule has 0 amide bonds. The molecule has 1 fully saturated rings. The minimum absolute atomic E-state index is 0.467. The van der Waals surface area contributed by atoms with E-state index in [9.17, 15) is 5.11 Å². The molecule has 1 aliphatic rings. The van der Waals surface area contributed by atoms with Crippen molar-refractivity contribution < 1.29 is 5.11 Å². The molecule has 0 saturated carbocycles. The standard InChI is InChI=1S/C17H17Cl2NO/c18-15-8-4-7-14(16(15)19)17(21)9-11-20(12-10-17)13-5-2-1-3-6-13/h1-8,21H,9-12H2. The lowest BCUT2D eigenvalue weighted by molar-refractivity contribution is 0.0119. The van der Waals surface area contributed by atoms with Crippen LogP contribution in [0.3, 0.4) is 0 Å². The summed E-state index contributed by atoms with van der Waals surface area (Å²) in [6.07, 6.45) is 1.28. The fraction of sp³-hybridized carbons (Fsp3) is 0.294. The fourth-order valence-electron chi connectivity index (χ4n) is 2.91. The number of aliphatic hydroxyl groups is 1. The Hall–Kier alpha value is -1.22.